The van der Waals surface area contributed by atoms with Gasteiger partial charge in [-0.3, -0.25) is 14.2 Å². The maximum absolute atomic E-state index is 14.7. The fourth-order valence-electron chi connectivity index (χ4n) is 3.71. The molecule has 33 heavy (non-hydrogen) atoms. The average Bonchev–Trinajstić information content (AvgIpc) is 3.08. The number of aromatic nitrogens is 4. The molecule has 6 nitrogen and oxygen atoms in total. The van der Waals surface area contributed by atoms with E-state index in [0.29, 0.717) is 32.1 Å². The van der Waals surface area contributed by atoms with E-state index >= 15 is 0 Å². The molecule has 0 fully saturated rings. The molecule has 5 rings (SSSR count). The molecule has 0 saturated carbocycles. The van der Waals surface area contributed by atoms with Gasteiger partial charge in [0.2, 0.25) is 0 Å². The zero-order valence-electron chi connectivity index (χ0n) is 18.0. The van der Waals surface area contributed by atoms with E-state index in [1.165, 1.54) is 33.7 Å². The Kier molecular flexibility index (Phi) is 5.38. The van der Waals surface area contributed by atoms with Gasteiger partial charge in [-0.2, -0.15) is 0 Å². The molecule has 0 radical (unpaired) electrons. The summed E-state index contributed by atoms with van der Waals surface area (Å²) >= 11 is 2.72. The van der Waals surface area contributed by atoms with Gasteiger partial charge in [0.15, 0.2) is 5.16 Å². The zero-order valence-corrected chi connectivity index (χ0v) is 19.7. The molecule has 3 aromatic heterocycles. The number of nitrogens with one attached hydrogen (secondary N) is 1. The van der Waals surface area contributed by atoms with Gasteiger partial charge < -0.3 is 4.98 Å². The van der Waals surface area contributed by atoms with Gasteiger partial charge in [0, 0.05) is 4.88 Å². The van der Waals surface area contributed by atoms with E-state index in [-0.39, 0.29) is 22.1 Å². The van der Waals surface area contributed by atoms with Crippen molar-refractivity contribution in [2.75, 3.05) is 0 Å². The third kappa shape index (κ3) is 3.67. The number of nitrogens with zero attached hydrogens (tertiary/aromatic N) is 3. The van der Waals surface area contributed by atoms with Crippen molar-refractivity contribution in [1.82, 2.24) is 19.5 Å². The number of H-pyrrole nitrogens is 1. The van der Waals surface area contributed by atoms with Gasteiger partial charge in [0.1, 0.15) is 16.5 Å². The lowest BCUT2D eigenvalue weighted by molar-refractivity contribution is 0.608. The van der Waals surface area contributed by atoms with E-state index in [2.05, 4.69) is 15.0 Å². The first-order valence-corrected chi connectivity index (χ1v) is 12.0. The van der Waals surface area contributed by atoms with Crippen molar-refractivity contribution in [3.05, 3.63) is 91.3 Å². The van der Waals surface area contributed by atoms with Crippen LogP contribution in [0.15, 0.2) is 63.3 Å². The molecule has 0 aliphatic carbocycles. The first-order chi connectivity index (χ1) is 15.8. The highest BCUT2D eigenvalue weighted by atomic mass is 32.2. The predicted octanol–water partition coefficient (Wildman–Crippen LogP) is 5.29. The van der Waals surface area contributed by atoms with Crippen molar-refractivity contribution in [1.29, 1.82) is 0 Å². The number of halogens is 1. The minimum Gasteiger partial charge on any atom is -0.309 e. The zero-order chi connectivity index (χ0) is 23.3. The van der Waals surface area contributed by atoms with Crippen molar-refractivity contribution >= 4 is 44.2 Å². The number of thioether (sulfide) groups is 1. The summed E-state index contributed by atoms with van der Waals surface area (Å²) in [6.45, 7) is 5.75. The second-order valence-electron chi connectivity index (χ2n) is 7.68. The van der Waals surface area contributed by atoms with E-state index in [1.807, 2.05) is 20.8 Å². The van der Waals surface area contributed by atoms with Crippen LogP contribution in [0.5, 0.6) is 0 Å². The molecule has 1 N–H and O–H groups in total. The number of hydrogen-bond acceptors (Lipinski definition) is 6. The van der Waals surface area contributed by atoms with E-state index in [9.17, 15) is 14.0 Å². The Morgan fingerprint density at radius 3 is 2.58 bits per heavy atom. The molecule has 166 valence electrons. The van der Waals surface area contributed by atoms with Crippen LogP contribution in [0.4, 0.5) is 4.39 Å². The summed E-state index contributed by atoms with van der Waals surface area (Å²) in [5, 5.41) is 0.967. The Balaban J connectivity index is 1.67. The summed E-state index contributed by atoms with van der Waals surface area (Å²) in [5.74, 6) is -0.0510. The van der Waals surface area contributed by atoms with E-state index in [0.717, 1.165) is 10.4 Å². The van der Waals surface area contributed by atoms with Gasteiger partial charge in [-0.05, 0) is 50.6 Å². The summed E-state index contributed by atoms with van der Waals surface area (Å²) in [6.07, 6.45) is 0. The third-order valence-electron chi connectivity index (χ3n) is 5.56. The lowest BCUT2D eigenvalue weighted by Crippen LogP contribution is -2.23. The van der Waals surface area contributed by atoms with Crippen molar-refractivity contribution in [3.63, 3.8) is 0 Å². The number of aromatic amines is 1. The van der Waals surface area contributed by atoms with E-state index < -0.39 is 5.82 Å². The van der Waals surface area contributed by atoms with Crippen LogP contribution in [-0.2, 0) is 0 Å². The molecule has 1 atom stereocenters. The average molecular weight is 479 g/mol. The first-order valence-electron chi connectivity index (χ1n) is 10.3. The highest BCUT2D eigenvalue weighted by Crippen LogP contribution is 2.35. The van der Waals surface area contributed by atoms with Gasteiger partial charge >= 0.3 is 0 Å². The number of fused-ring (bicyclic) bond motifs is 2. The van der Waals surface area contributed by atoms with Crippen molar-refractivity contribution in [3.8, 4) is 5.69 Å². The molecule has 3 heterocycles. The number of hydrogen-bond donors (Lipinski definition) is 1. The van der Waals surface area contributed by atoms with Crippen LogP contribution in [-0.4, -0.2) is 19.5 Å². The van der Waals surface area contributed by atoms with Gasteiger partial charge in [-0.25, -0.2) is 14.4 Å². The minimum atomic E-state index is -0.524. The number of para-hydroxylation sites is 2. The molecular formula is C24H19FN4O2S2. The SMILES string of the molecule is Cc1sc2nc(C(C)Sc3nc4ccccc4c(=O)n3-c3ccccc3F)[nH]c(=O)c2c1C. The summed E-state index contributed by atoms with van der Waals surface area (Å²) < 4.78 is 16.0. The molecule has 0 spiro atoms. The summed E-state index contributed by atoms with van der Waals surface area (Å²) in [4.78, 5) is 40.0. The van der Waals surface area contributed by atoms with E-state index in [4.69, 9.17) is 0 Å². The van der Waals surface area contributed by atoms with Gasteiger partial charge in [-0.15, -0.1) is 11.3 Å². The van der Waals surface area contributed by atoms with Crippen LogP contribution in [0, 0.1) is 19.7 Å². The molecule has 0 bridgehead atoms. The molecular weight excluding hydrogens is 459 g/mol. The van der Waals surface area contributed by atoms with Crippen LogP contribution in [0.2, 0.25) is 0 Å². The topological polar surface area (TPSA) is 80.6 Å². The summed E-state index contributed by atoms with van der Waals surface area (Å²) in [5.41, 5.74) is 1.02. The number of aryl methyl sites for hydroxylation is 2. The Bertz CT molecular complexity index is 1650. The lowest BCUT2D eigenvalue weighted by Gasteiger charge is -2.16. The van der Waals surface area contributed by atoms with Gasteiger partial charge in [-0.1, -0.05) is 36.0 Å². The standard InChI is InChI=1S/C24H19FN4O2S2/c1-12-13(2)32-22-19(12)21(30)27-20(28-22)14(3)33-24-26-17-10-6-4-8-15(17)23(31)29(24)18-11-7-5-9-16(18)25/h4-11,14H,1-3H3,(H,27,28,30). The second-order valence-corrected chi connectivity index (χ2v) is 10.2. The molecule has 1 unspecified atom stereocenters. The largest absolute Gasteiger partial charge is 0.309 e. The highest BCUT2D eigenvalue weighted by molar-refractivity contribution is 7.99. The number of rotatable bonds is 4. The van der Waals surface area contributed by atoms with Crippen molar-refractivity contribution in [2.45, 2.75) is 31.2 Å². The highest BCUT2D eigenvalue weighted by Gasteiger charge is 2.21. The van der Waals surface area contributed by atoms with Gasteiger partial charge in [0.25, 0.3) is 11.1 Å². The van der Waals surface area contributed by atoms with Crippen molar-refractivity contribution in [2.24, 2.45) is 0 Å². The quantitative estimate of drug-likeness (QED) is 0.280. The predicted molar refractivity (Wildman–Crippen MR) is 131 cm³/mol. The Hall–Kier alpha value is -3.30. The number of thiophene rings is 1. The molecule has 9 heteroatoms. The van der Waals surface area contributed by atoms with Gasteiger partial charge in [0.05, 0.1) is 27.2 Å². The third-order valence-corrected chi connectivity index (χ3v) is 7.73. The minimum absolute atomic E-state index is 0.122. The van der Waals surface area contributed by atoms with E-state index in [1.54, 1.807) is 42.5 Å². The lowest BCUT2D eigenvalue weighted by atomic mass is 10.2. The summed E-state index contributed by atoms with van der Waals surface area (Å²) in [6, 6.07) is 13.1. The monoisotopic (exact) mass is 478 g/mol. The molecule has 0 aliphatic rings. The molecule has 0 saturated heterocycles. The second kappa shape index (κ2) is 8.24. The fourth-order valence-corrected chi connectivity index (χ4v) is 5.73. The molecule has 0 amide bonds. The Morgan fingerprint density at radius 1 is 1.06 bits per heavy atom. The normalized spacial score (nSPS) is 12.5. The van der Waals surface area contributed by atoms with Crippen LogP contribution in [0.25, 0.3) is 26.8 Å². The van der Waals surface area contributed by atoms with Crippen LogP contribution >= 0.6 is 23.1 Å². The molecule has 5 aromatic rings. The summed E-state index contributed by atoms with van der Waals surface area (Å²) in [7, 11) is 0. The molecule has 0 aliphatic heterocycles. The van der Waals surface area contributed by atoms with Crippen molar-refractivity contribution < 1.29 is 4.39 Å². The maximum atomic E-state index is 14.7. The number of benzene rings is 2. The smallest absolute Gasteiger partial charge is 0.266 e. The maximum Gasteiger partial charge on any atom is 0.266 e. The Labute approximate surface area is 196 Å². The van der Waals surface area contributed by atoms with Crippen LogP contribution in [0.1, 0.15) is 28.4 Å². The fraction of sp³-hybridized carbons (Fsp3) is 0.167. The Morgan fingerprint density at radius 2 is 1.79 bits per heavy atom. The molecule has 2 aromatic carbocycles. The van der Waals surface area contributed by atoms with Crippen LogP contribution < -0.4 is 11.1 Å². The van der Waals surface area contributed by atoms with Crippen LogP contribution in [0.3, 0.4) is 0 Å². The first kappa shape index (κ1) is 21.5.